The molecule has 1 fully saturated rings. The summed E-state index contributed by atoms with van der Waals surface area (Å²) in [5, 5.41) is 0. The SMILES string of the molecule is Cc1ccccc1-c1cncc(C2CCN(C(=O)CCc3ccccc3)CC2)n1. The quantitative estimate of drug-likeness (QED) is 0.634. The van der Waals surface area contributed by atoms with Crippen molar-refractivity contribution in [3.05, 3.63) is 83.8 Å². The highest BCUT2D eigenvalue weighted by molar-refractivity contribution is 5.76. The van der Waals surface area contributed by atoms with E-state index in [1.807, 2.05) is 47.6 Å². The molecule has 1 saturated heterocycles. The summed E-state index contributed by atoms with van der Waals surface area (Å²) in [5.74, 6) is 0.622. The average Bonchev–Trinajstić information content (AvgIpc) is 2.79. The number of nitrogens with zero attached hydrogens (tertiary/aromatic N) is 3. The van der Waals surface area contributed by atoms with Gasteiger partial charge in [-0.25, -0.2) is 4.98 Å². The summed E-state index contributed by atoms with van der Waals surface area (Å²) in [4.78, 5) is 24.0. The third kappa shape index (κ3) is 4.70. The number of carbonyl (C=O) groups excluding carboxylic acids is 1. The van der Waals surface area contributed by atoms with Gasteiger partial charge >= 0.3 is 0 Å². The van der Waals surface area contributed by atoms with Crippen molar-refractivity contribution in [3.63, 3.8) is 0 Å². The molecule has 29 heavy (non-hydrogen) atoms. The lowest BCUT2D eigenvalue weighted by atomic mass is 9.93. The molecule has 2 heterocycles. The minimum atomic E-state index is 0.257. The summed E-state index contributed by atoms with van der Waals surface area (Å²) in [6, 6.07) is 18.5. The predicted molar refractivity (Wildman–Crippen MR) is 116 cm³/mol. The Labute approximate surface area is 172 Å². The van der Waals surface area contributed by atoms with E-state index >= 15 is 0 Å². The molecular weight excluding hydrogens is 358 g/mol. The minimum Gasteiger partial charge on any atom is -0.343 e. The Bertz CT molecular complexity index is 963. The van der Waals surface area contributed by atoms with Crippen LogP contribution in [0.3, 0.4) is 0 Å². The van der Waals surface area contributed by atoms with Gasteiger partial charge in [0.25, 0.3) is 0 Å². The Balaban J connectivity index is 1.35. The number of likely N-dealkylation sites (tertiary alicyclic amines) is 1. The van der Waals surface area contributed by atoms with Crippen LogP contribution in [0.15, 0.2) is 67.0 Å². The van der Waals surface area contributed by atoms with Gasteiger partial charge in [0.05, 0.1) is 17.6 Å². The Morgan fingerprint density at radius 1 is 1.00 bits per heavy atom. The molecule has 3 aromatic rings. The van der Waals surface area contributed by atoms with Crippen LogP contribution in [0, 0.1) is 6.92 Å². The van der Waals surface area contributed by atoms with Crippen molar-refractivity contribution in [2.24, 2.45) is 0 Å². The van der Waals surface area contributed by atoms with Crippen LogP contribution in [0.4, 0.5) is 0 Å². The number of benzene rings is 2. The van der Waals surface area contributed by atoms with Crippen molar-refractivity contribution in [1.29, 1.82) is 0 Å². The molecule has 1 aliphatic rings. The van der Waals surface area contributed by atoms with Crippen LogP contribution in [-0.2, 0) is 11.2 Å². The number of aryl methyl sites for hydroxylation is 2. The van der Waals surface area contributed by atoms with E-state index in [0.717, 1.165) is 49.3 Å². The Morgan fingerprint density at radius 2 is 1.72 bits per heavy atom. The second-order valence-electron chi connectivity index (χ2n) is 7.78. The van der Waals surface area contributed by atoms with Crippen molar-refractivity contribution in [1.82, 2.24) is 14.9 Å². The highest BCUT2D eigenvalue weighted by Crippen LogP contribution is 2.29. The van der Waals surface area contributed by atoms with E-state index in [1.54, 1.807) is 0 Å². The number of carbonyl (C=O) groups is 1. The van der Waals surface area contributed by atoms with Gasteiger partial charge in [-0.1, -0.05) is 54.6 Å². The van der Waals surface area contributed by atoms with Gasteiger partial charge in [-0.3, -0.25) is 9.78 Å². The Morgan fingerprint density at radius 3 is 2.48 bits per heavy atom. The Kier molecular flexibility index (Phi) is 5.99. The topological polar surface area (TPSA) is 46.1 Å². The Hall–Kier alpha value is -3.01. The van der Waals surface area contributed by atoms with Gasteiger partial charge in [-0.2, -0.15) is 0 Å². The number of piperidine rings is 1. The van der Waals surface area contributed by atoms with Crippen molar-refractivity contribution in [3.8, 4) is 11.3 Å². The van der Waals surface area contributed by atoms with Crippen LogP contribution >= 0.6 is 0 Å². The molecule has 0 atom stereocenters. The number of amides is 1. The summed E-state index contributed by atoms with van der Waals surface area (Å²) >= 11 is 0. The first kappa shape index (κ1) is 19.3. The first-order valence-electron chi connectivity index (χ1n) is 10.4. The van der Waals surface area contributed by atoms with E-state index in [4.69, 9.17) is 4.98 Å². The molecule has 0 radical (unpaired) electrons. The third-order valence-corrected chi connectivity index (χ3v) is 5.81. The van der Waals surface area contributed by atoms with E-state index in [1.165, 1.54) is 11.1 Å². The standard InChI is InChI=1S/C25H27N3O/c1-19-7-5-6-10-22(19)24-18-26-17-23(27-24)21-13-15-28(16-14-21)25(29)12-11-20-8-3-2-4-9-20/h2-10,17-18,21H,11-16H2,1H3. The predicted octanol–water partition coefficient (Wildman–Crippen LogP) is 4.79. The lowest BCUT2D eigenvalue weighted by Crippen LogP contribution is -2.38. The van der Waals surface area contributed by atoms with Crippen LogP contribution < -0.4 is 0 Å². The molecule has 0 saturated carbocycles. The zero-order valence-electron chi connectivity index (χ0n) is 16.9. The zero-order chi connectivity index (χ0) is 20.1. The first-order chi connectivity index (χ1) is 14.2. The number of hydrogen-bond acceptors (Lipinski definition) is 3. The maximum absolute atomic E-state index is 12.6. The second-order valence-corrected chi connectivity index (χ2v) is 7.78. The molecule has 1 amide bonds. The number of aromatic nitrogens is 2. The van der Waals surface area contributed by atoms with E-state index in [-0.39, 0.29) is 5.91 Å². The minimum absolute atomic E-state index is 0.257. The van der Waals surface area contributed by atoms with Gasteiger partial charge in [-0.15, -0.1) is 0 Å². The number of hydrogen-bond donors (Lipinski definition) is 0. The van der Waals surface area contributed by atoms with Gasteiger partial charge in [0.15, 0.2) is 0 Å². The van der Waals surface area contributed by atoms with Crippen molar-refractivity contribution in [2.45, 2.75) is 38.5 Å². The molecule has 0 unspecified atom stereocenters. The maximum atomic E-state index is 12.6. The first-order valence-corrected chi connectivity index (χ1v) is 10.4. The molecule has 0 N–H and O–H groups in total. The van der Waals surface area contributed by atoms with E-state index in [0.29, 0.717) is 12.3 Å². The zero-order valence-corrected chi connectivity index (χ0v) is 16.9. The van der Waals surface area contributed by atoms with Crippen LogP contribution in [0.2, 0.25) is 0 Å². The fourth-order valence-corrected chi connectivity index (χ4v) is 4.05. The lowest BCUT2D eigenvalue weighted by molar-refractivity contribution is -0.132. The normalized spacial score (nSPS) is 14.7. The van der Waals surface area contributed by atoms with Gasteiger partial charge in [0, 0.05) is 37.2 Å². The number of rotatable bonds is 5. The van der Waals surface area contributed by atoms with Crippen molar-refractivity contribution >= 4 is 5.91 Å². The summed E-state index contributed by atoms with van der Waals surface area (Å²) < 4.78 is 0. The van der Waals surface area contributed by atoms with Gasteiger partial charge in [-0.05, 0) is 37.3 Å². The maximum Gasteiger partial charge on any atom is 0.222 e. The average molecular weight is 386 g/mol. The molecule has 0 spiro atoms. The molecule has 2 aromatic carbocycles. The molecule has 4 rings (SSSR count). The van der Waals surface area contributed by atoms with E-state index in [9.17, 15) is 4.79 Å². The van der Waals surface area contributed by atoms with Gasteiger partial charge in [0.2, 0.25) is 5.91 Å². The van der Waals surface area contributed by atoms with Crippen LogP contribution in [0.1, 0.15) is 42.0 Å². The molecule has 148 valence electrons. The fourth-order valence-electron chi connectivity index (χ4n) is 4.05. The molecule has 0 aliphatic carbocycles. The summed E-state index contributed by atoms with van der Waals surface area (Å²) in [5.41, 5.74) is 5.54. The molecule has 1 aromatic heterocycles. The van der Waals surface area contributed by atoms with Crippen LogP contribution in [0.5, 0.6) is 0 Å². The monoisotopic (exact) mass is 385 g/mol. The van der Waals surface area contributed by atoms with Crippen LogP contribution in [-0.4, -0.2) is 33.9 Å². The largest absolute Gasteiger partial charge is 0.343 e. The summed E-state index contributed by atoms with van der Waals surface area (Å²) in [7, 11) is 0. The summed E-state index contributed by atoms with van der Waals surface area (Å²) in [6.07, 6.45) is 7.01. The highest BCUT2D eigenvalue weighted by atomic mass is 16.2. The van der Waals surface area contributed by atoms with Crippen molar-refractivity contribution < 1.29 is 4.79 Å². The molecule has 1 aliphatic heterocycles. The lowest BCUT2D eigenvalue weighted by Gasteiger charge is -2.32. The fraction of sp³-hybridized carbons (Fsp3) is 0.320. The van der Waals surface area contributed by atoms with E-state index < -0.39 is 0 Å². The highest BCUT2D eigenvalue weighted by Gasteiger charge is 2.25. The molecule has 4 nitrogen and oxygen atoms in total. The van der Waals surface area contributed by atoms with Gasteiger partial charge < -0.3 is 4.90 Å². The molecule has 4 heteroatoms. The van der Waals surface area contributed by atoms with Crippen molar-refractivity contribution in [2.75, 3.05) is 13.1 Å². The summed E-state index contributed by atoms with van der Waals surface area (Å²) in [6.45, 7) is 3.70. The molecule has 0 bridgehead atoms. The molecular formula is C25H27N3O. The van der Waals surface area contributed by atoms with Gasteiger partial charge in [0.1, 0.15) is 0 Å². The van der Waals surface area contributed by atoms with Crippen LogP contribution in [0.25, 0.3) is 11.3 Å². The van der Waals surface area contributed by atoms with E-state index in [2.05, 4.69) is 36.2 Å². The third-order valence-electron chi connectivity index (χ3n) is 5.81. The smallest absolute Gasteiger partial charge is 0.222 e. The second kappa shape index (κ2) is 8.99.